The highest BCUT2D eigenvalue weighted by atomic mass is 19.3. The minimum absolute atomic E-state index is 0.0448. The Hall–Kier alpha value is -10.6. The second kappa shape index (κ2) is 31.1. The average Bonchev–Trinajstić information content (AvgIpc) is 1.09. The molecule has 498 valence electrons. The summed E-state index contributed by atoms with van der Waals surface area (Å²) >= 11 is 0. The number of benzene rings is 6. The molecular formula is C75H82F2N12O7. The maximum Gasteiger partial charge on any atom is 0.387 e. The lowest BCUT2D eigenvalue weighted by Crippen LogP contribution is -2.48. The maximum absolute atomic E-state index is 13.3. The minimum Gasteiger partial charge on any atom is -0.494 e. The standard InChI is InChI=1S/C25H26F2N4O3.2C25H28N4O2/c1-3-4-15-33-19-11-7-18(8-12-19)25(2)16-21(17-5-9-20(10-6-17)34-24(26)27)22(23(32)29-25)31-14-13-28-30-31;2*1-4-5-14-31-20-12-10-19(11-13-20)25(3)15-21(18-8-6-17(2)7-9-18)22(24(30)28-25)23-26-16-27-29-23/h5-14,24H,3-4,15-16H2,1-2H3,(H,29,32);2*6-13,16H,4-5,14-15H2,1-3H3,(H,28,30)(H,26,27,29)/t3*25-/m000/s1. The number of nitrogens with zero attached hydrogens (tertiary/aromatic N) is 7. The van der Waals surface area contributed by atoms with Crippen molar-refractivity contribution in [3.63, 3.8) is 0 Å². The van der Waals surface area contributed by atoms with E-state index in [4.69, 9.17) is 14.2 Å². The molecule has 3 aliphatic rings. The molecule has 21 heteroatoms. The van der Waals surface area contributed by atoms with Gasteiger partial charge in [0.25, 0.3) is 17.7 Å². The van der Waals surface area contributed by atoms with Gasteiger partial charge in [0.15, 0.2) is 11.6 Å². The second-order valence-electron chi connectivity index (χ2n) is 24.8. The Kier molecular flexibility index (Phi) is 22.1. The van der Waals surface area contributed by atoms with Crippen LogP contribution in [0.4, 0.5) is 8.78 Å². The van der Waals surface area contributed by atoms with Crippen molar-refractivity contribution in [1.82, 2.24) is 61.3 Å². The van der Waals surface area contributed by atoms with E-state index in [0.717, 1.165) is 94.7 Å². The maximum atomic E-state index is 13.3. The molecule has 3 aromatic heterocycles. The van der Waals surface area contributed by atoms with Crippen molar-refractivity contribution in [2.45, 2.75) is 136 Å². The van der Waals surface area contributed by atoms with E-state index < -0.39 is 23.2 Å². The Bertz CT molecular complexity index is 3970. The van der Waals surface area contributed by atoms with Crippen LogP contribution in [-0.4, -0.2) is 89.5 Å². The summed E-state index contributed by atoms with van der Waals surface area (Å²) in [6.45, 7) is 15.7. The van der Waals surface area contributed by atoms with Crippen molar-refractivity contribution in [3.05, 3.63) is 227 Å². The lowest BCUT2D eigenvalue weighted by atomic mass is 9.78. The number of ether oxygens (including phenoxy) is 4. The lowest BCUT2D eigenvalue weighted by molar-refractivity contribution is -0.118. The Morgan fingerprint density at radius 1 is 0.479 bits per heavy atom. The van der Waals surface area contributed by atoms with Gasteiger partial charge in [-0.1, -0.05) is 153 Å². The van der Waals surface area contributed by atoms with Gasteiger partial charge in [-0.05, 0) is 153 Å². The highest BCUT2D eigenvalue weighted by Gasteiger charge is 2.42. The monoisotopic (exact) mass is 1300 g/mol. The molecule has 96 heavy (non-hydrogen) atoms. The van der Waals surface area contributed by atoms with E-state index in [2.05, 4.69) is 158 Å². The van der Waals surface area contributed by atoms with Gasteiger partial charge in [0.2, 0.25) is 0 Å². The molecule has 0 saturated heterocycles. The Morgan fingerprint density at radius 3 is 1.18 bits per heavy atom. The number of carbonyl (C=O) groups is 3. The summed E-state index contributed by atoms with van der Waals surface area (Å²) < 4.78 is 48.4. The Morgan fingerprint density at radius 2 is 0.833 bits per heavy atom. The number of amides is 3. The number of rotatable bonds is 23. The summed E-state index contributed by atoms with van der Waals surface area (Å²) in [6.07, 6.45) is 13.9. The van der Waals surface area contributed by atoms with E-state index >= 15 is 0 Å². The molecule has 19 nitrogen and oxygen atoms in total. The predicted octanol–water partition coefficient (Wildman–Crippen LogP) is 14.1. The number of alkyl halides is 2. The van der Waals surface area contributed by atoms with Crippen LogP contribution in [0.3, 0.4) is 0 Å². The highest BCUT2D eigenvalue weighted by molar-refractivity contribution is 6.28. The predicted molar refractivity (Wildman–Crippen MR) is 366 cm³/mol. The molecule has 3 atom stereocenters. The van der Waals surface area contributed by atoms with Gasteiger partial charge in [0, 0.05) is 19.3 Å². The fraction of sp³-hybridized carbons (Fsp3) is 0.320. The zero-order valence-corrected chi connectivity index (χ0v) is 55.5. The molecule has 0 unspecified atom stereocenters. The quantitative estimate of drug-likeness (QED) is 0.0375. The summed E-state index contributed by atoms with van der Waals surface area (Å²) in [6, 6.07) is 46.5. The number of hydrogen-bond donors (Lipinski definition) is 5. The van der Waals surface area contributed by atoms with Gasteiger partial charge in [-0.15, -0.1) is 5.10 Å². The van der Waals surface area contributed by atoms with Crippen LogP contribution in [0.25, 0.3) is 33.6 Å². The number of aryl methyl sites for hydroxylation is 2. The largest absolute Gasteiger partial charge is 0.494 e. The van der Waals surface area contributed by atoms with Crippen LogP contribution in [-0.2, 0) is 31.0 Å². The third kappa shape index (κ3) is 16.5. The van der Waals surface area contributed by atoms with Crippen LogP contribution in [0.1, 0.15) is 155 Å². The topological polar surface area (TPSA) is 238 Å². The van der Waals surface area contributed by atoms with Gasteiger partial charge in [0.05, 0.1) is 60.0 Å². The zero-order chi connectivity index (χ0) is 67.8. The number of halogens is 2. The van der Waals surface area contributed by atoms with Crippen LogP contribution in [0.15, 0.2) is 171 Å². The Labute approximate surface area is 558 Å². The van der Waals surface area contributed by atoms with Gasteiger partial charge in [0.1, 0.15) is 41.3 Å². The van der Waals surface area contributed by atoms with Crippen molar-refractivity contribution in [1.29, 1.82) is 0 Å². The number of aromatic amines is 2. The third-order valence-electron chi connectivity index (χ3n) is 17.3. The molecule has 0 fully saturated rings. The van der Waals surface area contributed by atoms with Crippen molar-refractivity contribution in [3.8, 4) is 23.0 Å². The van der Waals surface area contributed by atoms with Crippen LogP contribution in [0.2, 0.25) is 0 Å². The van der Waals surface area contributed by atoms with Gasteiger partial charge in [-0.2, -0.15) is 19.0 Å². The molecule has 3 amide bonds. The summed E-state index contributed by atoms with van der Waals surface area (Å²) in [7, 11) is 0. The van der Waals surface area contributed by atoms with Gasteiger partial charge in [-0.3, -0.25) is 24.6 Å². The normalized spacial score (nSPS) is 18.6. The number of unbranched alkanes of at least 4 members (excludes halogenated alkanes) is 3. The van der Waals surface area contributed by atoms with Gasteiger partial charge < -0.3 is 34.9 Å². The van der Waals surface area contributed by atoms with E-state index in [1.807, 2.05) is 79.7 Å². The highest BCUT2D eigenvalue weighted by Crippen LogP contribution is 2.44. The van der Waals surface area contributed by atoms with E-state index in [1.54, 1.807) is 18.3 Å². The second-order valence-corrected chi connectivity index (χ2v) is 24.8. The summed E-state index contributed by atoms with van der Waals surface area (Å²) in [5, 5.41) is 30.9. The van der Waals surface area contributed by atoms with E-state index in [-0.39, 0.29) is 23.5 Å². The number of aromatic nitrogens is 9. The molecule has 6 aromatic carbocycles. The van der Waals surface area contributed by atoms with Crippen LogP contribution < -0.4 is 34.9 Å². The first-order valence-electron chi connectivity index (χ1n) is 32.5. The summed E-state index contributed by atoms with van der Waals surface area (Å²) in [5.41, 5.74) is 10.3. The van der Waals surface area contributed by atoms with Gasteiger partial charge in [-0.25, -0.2) is 14.6 Å². The SMILES string of the molecule is CCCCOc1ccc([C@]2(C)CC(c3ccc(C)cc3)=C(c3ncn[nH]3)C(=O)N2)cc1.CCCCOc1ccc([C@]2(C)CC(c3ccc(C)cc3)=C(c3ncn[nH]3)C(=O)N2)cc1.CCCCOc1ccc([C@]2(C)CC(c3ccc(OC(F)F)cc3)=C(n3ccnn3)C(=O)N2)cc1. The number of hydrogen-bond acceptors (Lipinski definition) is 13. The first-order chi connectivity index (χ1) is 46.4. The lowest BCUT2D eigenvalue weighted by Gasteiger charge is -2.37. The smallest absolute Gasteiger partial charge is 0.387 e. The fourth-order valence-electron chi connectivity index (χ4n) is 11.9. The minimum atomic E-state index is -2.91. The summed E-state index contributed by atoms with van der Waals surface area (Å²) in [5.74, 6) is 2.84. The van der Waals surface area contributed by atoms with Gasteiger partial charge >= 0.3 is 6.61 Å². The van der Waals surface area contributed by atoms with Crippen molar-refractivity contribution in [2.75, 3.05) is 19.8 Å². The van der Waals surface area contributed by atoms with E-state index in [9.17, 15) is 23.2 Å². The fourth-order valence-corrected chi connectivity index (χ4v) is 11.9. The molecule has 0 bridgehead atoms. The van der Waals surface area contributed by atoms with E-state index in [0.29, 0.717) is 78.7 Å². The molecule has 0 radical (unpaired) electrons. The number of carbonyl (C=O) groups excluding carboxylic acids is 3. The molecule has 0 saturated carbocycles. The molecule has 3 aliphatic heterocycles. The molecule has 9 aromatic rings. The zero-order valence-electron chi connectivity index (χ0n) is 55.5. The summed E-state index contributed by atoms with van der Waals surface area (Å²) in [4.78, 5) is 48.4. The van der Waals surface area contributed by atoms with Crippen LogP contribution >= 0.6 is 0 Å². The first kappa shape index (κ1) is 68.3. The molecule has 6 heterocycles. The van der Waals surface area contributed by atoms with Crippen molar-refractivity contribution in [2.24, 2.45) is 0 Å². The molecule has 5 N–H and O–H groups in total. The Balaban J connectivity index is 0.000000157. The molecule has 0 spiro atoms. The van der Waals surface area contributed by atoms with Crippen LogP contribution in [0.5, 0.6) is 23.0 Å². The number of H-pyrrole nitrogens is 2. The number of nitrogens with one attached hydrogen (secondary N) is 5. The first-order valence-corrected chi connectivity index (χ1v) is 32.5. The van der Waals surface area contributed by atoms with Crippen molar-refractivity contribution < 1.29 is 42.1 Å². The van der Waals surface area contributed by atoms with Crippen molar-refractivity contribution >= 4 is 51.3 Å². The van der Waals surface area contributed by atoms with Crippen LogP contribution in [0, 0.1) is 13.8 Å². The molecule has 0 aliphatic carbocycles. The van der Waals surface area contributed by atoms with E-state index in [1.165, 1.54) is 46.8 Å². The third-order valence-corrected chi connectivity index (χ3v) is 17.3. The molecule has 12 rings (SSSR count). The molecular weight excluding hydrogens is 1220 g/mol. The average molecular weight is 1300 g/mol.